The van der Waals surface area contributed by atoms with Gasteiger partial charge in [-0.05, 0) is 44.6 Å². The fourth-order valence-electron chi connectivity index (χ4n) is 2.28. The number of aromatic nitrogens is 1. The molecule has 1 aliphatic carbocycles. The summed E-state index contributed by atoms with van der Waals surface area (Å²) in [5.41, 5.74) is 0. The minimum atomic E-state index is 0.357. The molecule has 0 aliphatic heterocycles. The first-order chi connectivity index (χ1) is 8.28. The van der Waals surface area contributed by atoms with Crippen LogP contribution in [0.2, 0.25) is 0 Å². The highest BCUT2D eigenvalue weighted by atomic mass is 16.5. The van der Waals surface area contributed by atoms with E-state index in [-0.39, 0.29) is 0 Å². The molecule has 0 bridgehead atoms. The Morgan fingerprint density at radius 1 is 1.29 bits per heavy atom. The monoisotopic (exact) mass is 234 g/mol. The largest absolute Gasteiger partial charge is 0.474 e. The molecule has 1 aliphatic rings. The molecule has 0 aromatic carbocycles. The third-order valence-electron chi connectivity index (χ3n) is 3.33. The Hall–Kier alpha value is -1.25. The van der Waals surface area contributed by atoms with Crippen LogP contribution in [0.15, 0.2) is 18.2 Å². The lowest BCUT2D eigenvalue weighted by Gasteiger charge is -2.26. The summed E-state index contributed by atoms with van der Waals surface area (Å²) in [5, 5.41) is 3.20. The molecule has 3 nitrogen and oxygen atoms in total. The topological polar surface area (TPSA) is 34.1 Å². The van der Waals surface area contributed by atoms with Gasteiger partial charge in [0.25, 0.3) is 0 Å². The molecule has 0 unspecified atom stereocenters. The van der Waals surface area contributed by atoms with E-state index in [9.17, 15) is 0 Å². The Morgan fingerprint density at radius 3 is 2.76 bits per heavy atom. The number of ether oxygens (including phenoxy) is 1. The molecule has 0 radical (unpaired) electrons. The SMILES string of the molecule is CCNc1cccc(OC2CCC(C)CC2)n1. The van der Waals surface area contributed by atoms with Crippen molar-refractivity contribution in [3.8, 4) is 5.88 Å². The summed E-state index contributed by atoms with van der Waals surface area (Å²) in [7, 11) is 0. The Balaban J connectivity index is 1.91. The van der Waals surface area contributed by atoms with Gasteiger partial charge in [0.05, 0.1) is 0 Å². The summed E-state index contributed by atoms with van der Waals surface area (Å²) in [5.74, 6) is 2.51. The van der Waals surface area contributed by atoms with Crippen molar-refractivity contribution in [1.29, 1.82) is 0 Å². The third-order valence-corrected chi connectivity index (χ3v) is 3.33. The number of rotatable bonds is 4. The van der Waals surface area contributed by atoms with Crippen LogP contribution in [0, 0.1) is 5.92 Å². The minimum Gasteiger partial charge on any atom is -0.474 e. The molecule has 0 spiro atoms. The van der Waals surface area contributed by atoms with Gasteiger partial charge in [0.1, 0.15) is 11.9 Å². The van der Waals surface area contributed by atoms with Gasteiger partial charge < -0.3 is 10.1 Å². The molecule has 0 amide bonds. The van der Waals surface area contributed by atoms with Crippen LogP contribution >= 0.6 is 0 Å². The standard InChI is InChI=1S/C14H22N2O/c1-3-15-13-5-4-6-14(16-13)17-12-9-7-11(2)8-10-12/h4-6,11-12H,3,7-10H2,1-2H3,(H,15,16). The molecule has 1 saturated carbocycles. The summed E-state index contributed by atoms with van der Waals surface area (Å²) >= 11 is 0. The Morgan fingerprint density at radius 2 is 2.06 bits per heavy atom. The summed E-state index contributed by atoms with van der Waals surface area (Å²) < 4.78 is 5.94. The molecule has 0 atom stereocenters. The van der Waals surface area contributed by atoms with E-state index in [1.165, 1.54) is 12.8 Å². The van der Waals surface area contributed by atoms with Crippen LogP contribution in [0.3, 0.4) is 0 Å². The van der Waals surface area contributed by atoms with Crippen molar-refractivity contribution in [2.24, 2.45) is 5.92 Å². The number of nitrogens with zero attached hydrogens (tertiary/aromatic N) is 1. The van der Waals surface area contributed by atoms with Crippen LogP contribution in [0.25, 0.3) is 0 Å². The lowest BCUT2D eigenvalue weighted by molar-refractivity contribution is 0.130. The van der Waals surface area contributed by atoms with E-state index in [4.69, 9.17) is 4.74 Å². The normalized spacial score (nSPS) is 24.4. The Bertz CT molecular complexity index is 346. The summed E-state index contributed by atoms with van der Waals surface area (Å²) in [6.07, 6.45) is 5.23. The number of nitrogens with one attached hydrogen (secondary N) is 1. The highest BCUT2D eigenvalue weighted by Gasteiger charge is 2.19. The molecule has 1 fully saturated rings. The molecular weight excluding hydrogens is 212 g/mol. The molecule has 1 heterocycles. The molecule has 1 N–H and O–H groups in total. The van der Waals surface area contributed by atoms with Crippen molar-refractivity contribution in [3.63, 3.8) is 0 Å². The van der Waals surface area contributed by atoms with Crippen LogP contribution in [0.1, 0.15) is 39.5 Å². The number of hydrogen-bond acceptors (Lipinski definition) is 3. The smallest absolute Gasteiger partial charge is 0.215 e. The van der Waals surface area contributed by atoms with Gasteiger partial charge in [-0.2, -0.15) is 4.98 Å². The third kappa shape index (κ3) is 3.62. The highest BCUT2D eigenvalue weighted by Crippen LogP contribution is 2.26. The summed E-state index contributed by atoms with van der Waals surface area (Å²) in [4.78, 5) is 4.44. The maximum Gasteiger partial charge on any atom is 0.215 e. The fraction of sp³-hybridized carbons (Fsp3) is 0.643. The van der Waals surface area contributed by atoms with Gasteiger partial charge in [-0.1, -0.05) is 13.0 Å². The zero-order valence-corrected chi connectivity index (χ0v) is 10.8. The number of pyridine rings is 1. The highest BCUT2D eigenvalue weighted by molar-refractivity contribution is 5.36. The molecular formula is C14H22N2O. The van der Waals surface area contributed by atoms with E-state index in [1.54, 1.807) is 0 Å². The molecule has 2 rings (SSSR count). The first-order valence-corrected chi connectivity index (χ1v) is 6.65. The van der Waals surface area contributed by atoms with Crippen LogP contribution in [-0.4, -0.2) is 17.6 Å². The van der Waals surface area contributed by atoms with Crippen LogP contribution in [0.5, 0.6) is 5.88 Å². The average Bonchev–Trinajstić information content (AvgIpc) is 2.33. The lowest BCUT2D eigenvalue weighted by atomic mass is 9.89. The van der Waals surface area contributed by atoms with E-state index in [0.29, 0.717) is 6.10 Å². The van der Waals surface area contributed by atoms with E-state index in [1.807, 2.05) is 18.2 Å². The number of hydrogen-bond donors (Lipinski definition) is 1. The van der Waals surface area contributed by atoms with Crippen molar-refractivity contribution < 1.29 is 4.74 Å². The first kappa shape index (κ1) is 12.2. The van der Waals surface area contributed by atoms with E-state index in [0.717, 1.165) is 37.0 Å². The Labute approximate surface area is 104 Å². The van der Waals surface area contributed by atoms with Crippen molar-refractivity contribution in [1.82, 2.24) is 4.98 Å². The average molecular weight is 234 g/mol. The minimum absolute atomic E-state index is 0.357. The molecule has 3 heteroatoms. The van der Waals surface area contributed by atoms with Gasteiger partial charge in [-0.3, -0.25) is 0 Å². The second-order valence-corrected chi connectivity index (χ2v) is 4.89. The van der Waals surface area contributed by atoms with Crippen LogP contribution in [0.4, 0.5) is 5.82 Å². The van der Waals surface area contributed by atoms with Gasteiger partial charge in [0.15, 0.2) is 0 Å². The van der Waals surface area contributed by atoms with E-state index < -0.39 is 0 Å². The predicted octanol–water partition coefficient (Wildman–Crippen LogP) is 3.47. The molecule has 1 aromatic heterocycles. The summed E-state index contributed by atoms with van der Waals surface area (Å²) in [6, 6.07) is 5.91. The van der Waals surface area contributed by atoms with Gasteiger partial charge in [-0.15, -0.1) is 0 Å². The molecule has 1 aromatic rings. The zero-order chi connectivity index (χ0) is 12.1. The fourth-order valence-corrected chi connectivity index (χ4v) is 2.28. The van der Waals surface area contributed by atoms with E-state index in [2.05, 4.69) is 24.1 Å². The lowest BCUT2D eigenvalue weighted by Crippen LogP contribution is -2.23. The van der Waals surface area contributed by atoms with Gasteiger partial charge in [0.2, 0.25) is 5.88 Å². The maximum atomic E-state index is 5.94. The second-order valence-electron chi connectivity index (χ2n) is 4.89. The number of anilines is 1. The predicted molar refractivity (Wildman–Crippen MR) is 70.4 cm³/mol. The zero-order valence-electron chi connectivity index (χ0n) is 10.8. The second kappa shape index (κ2) is 5.89. The quantitative estimate of drug-likeness (QED) is 0.866. The van der Waals surface area contributed by atoms with Crippen molar-refractivity contribution >= 4 is 5.82 Å². The van der Waals surface area contributed by atoms with Crippen molar-refractivity contribution in [3.05, 3.63) is 18.2 Å². The first-order valence-electron chi connectivity index (χ1n) is 6.65. The maximum absolute atomic E-state index is 5.94. The van der Waals surface area contributed by atoms with Crippen molar-refractivity contribution in [2.45, 2.75) is 45.6 Å². The molecule has 0 saturated heterocycles. The molecule has 17 heavy (non-hydrogen) atoms. The van der Waals surface area contributed by atoms with Gasteiger partial charge >= 0.3 is 0 Å². The molecule has 94 valence electrons. The van der Waals surface area contributed by atoms with Crippen molar-refractivity contribution in [2.75, 3.05) is 11.9 Å². The Kier molecular flexibility index (Phi) is 4.24. The van der Waals surface area contributed by atoms with Crippen LogP contribution < -0.4 is 10.1 Å². The van der Waals surface area contributed by atoms with Crippen LogP contribution in [-0.2, 0) is 0 Å². The van der Waals surface area contributed by atoms with E-state index >= 15 is 0 Å². The summed E-state index contributed by atoms with van der Waals surface area (Å²) in [6.45, 7) is 5.27. The van der Waals surface area contributed by atoms with Gasteiger partial charge in [0, 0.05) is 12.6 Å². The van der Waals surface area contributed by atoms with Gasteiger partial charge in [-0.25, -0.2) is 0 Å².